The van der Waals surface area contributed by atoms with Crippen LogP contribution >= 0.6 is 0 Å². The molecule has 0 aromatic heterocycles. The average Bonchev–Trinajstić information content (AvgIpc) is 2.70. The molecule has 1 N–H and O–H groups in total. The monoisotopic (exact) mass is 463 g/mol. The summed E-state index contributed by atoms with van der Waals surface area (Å²) in [5.41, 5.74) is 5.29. The molecule has 0 amide bonds. The summed E-state index contributed by atoms with van der Waals surface area (Å²) in [5, 5.41) is 7.00. The van der Waals surface area contributed by atoms with Gasteiger partial charge < -0.3 is 14.6 Å². The first kappa shape index (κ1) is 25.4. The molecule has 0 saturated carbocycles. The van der Waals surface area contributed by atoms with Gasteiger partial charge in [0.15, 0.2) is 0 Å². The molecular formula is C26H32F3NO3. The minimum Gasteiger partial charge on any atom is -0.400 e. The summed E-state index contributed by atoms with van der Waals surface area (Å²) in [5.74, 6) is 0.00203. The molecule has 0 aliphatic carbocycles. The fraction of sp³-hybridized carbons (Fsp3) is 0.500. The lowest BCUT2D eigenvalue weighted by Gasteiger charge is -2.36. The van der Waals surface area contributed by atoms with Crippen LogP contribution in [0.2, 0.25) is 0 Å². The summed E-state index contributed by atoms with van der Waals surface area (Å²) in [7, 11) is 1.00. The highest BCUT2D eigenvalue weighted by molar-refractivity contribution is 5.55. The number of halogens is 3. The van der Waals surface area contributed by atoms with Crippen LogP contribution in [0.1, 0.15) is 44.9 Å². The molecule has 2 fully saturated rings. The van der Waals surface area contributed by atoms with Crippen LogP contribution in [-0.2, 0) is 35.1 Å². The first-order valence-electron chi connectivity index (χ1n) is 11.2. The Bertz CT molecular complexity index is 941. The summed E-state index contributed by atoms with van der Waals surface area (Å²) in [6.45, 7) is 7.31. The Hall–Kier alpha value is -2.22. The Morgan fingerprint density at radius 1 is 1.03 bits per heavy atom. The highest BCUT2D eigenvalue weighted by atomic mass is 19.4. The van der Waals surface area contributed by atoms with Crippen LogP contribution in [-0.4, -0.2) is 49.7 Å². The second-order valence-electron chi connectivity index (χ2n) is 8.95. The number of hydrogen-bond acceptors (Lipinski definition) is 4. The summed E-state index contributed by atoms with van der Waals surface area (Å²) in [4.78, 5) is 13.0. The Balaban J connectivity index is 0.00000149. The van der Waals surface area contributed by atoms with E-state index in [1.165, 1.54) is 28.3 Å². The lowest BCUT2D eigenvalue weighted by Crippen LogP contribution is -2.46. The maximum atomic E-state index is 13.6. The van der Waals surface area contributed by atoms with E-state index < -0.39 is 11.7 Å². The van der Waals surface area contributed by atoms with Gasteiger partial charge in [-0.3, -0.25) is 4.90 Å². The average molecular weight is 464 g/mol. The molecule has 4 rings (SSSR count). The number of hydrogen-bond donors (Lipinski definition) is 1. The Morgan fingerprint density at radius 3 is 2.18 bits per heavy atom. The van der Waals surface area contributed by atoms with Gasteiger partial charge in [-0.05, 0) is 66.1 Å². The third-order valence-electron chi connectivity index (χ3n) is 6.50. The van der Waals surface area contributed by atoms with E-state index in [-0.39, 0.29) is 11.8 Å². The SMILES string of the molecule is CO.Cc1cc(CN2CC(C=O)C2)cc(C)c1CCc1ccc(C2COC2)c(C(F)(F)F)c1. The standard InChI is InChI=1S/C25H28F3NO2.CH4O/c1-16-7-19(10-29-11-20(12-29)13-30)8-17(2)22(16)5-3-18-4-6-23(21-14-31-15-21)24(9-18)25(26,27)28;1-2/h4,6-9,13,20-21H,3,5,10-12,14-15H2,1-2H3;2H,1H3. The normalized spacial score (nSPS) is 17.1. The highest BCUT2D eigenvalue weighted by Crippen LogP contribution is 2.38. The molecule has 7 heteroatoms. The van der Waals surface area contributed by atoms with E-state index in [4.69, 9.17) is 9.84 Å². The lowest BCUT2D eigenvalue weighted by atomic mass is 9.89. The smallest absolute Gasteiger partial charge is 0.400 e. The summed E-state index contributed by atoms with van der Waals surface area (Å²) < 4.78 is 45.9. The van der Waals surface area contributed by atoms with Crippen LogP contribution in [0, 0.1) is 19.8 Å². The van der Waals surface area contributed by atoms with Crippen molar-refractivity contribution in [2.24, 2.45) is 5.92 Å². The molecule has 0 radical (unpaired) electrons. The number of carbonyl (C=O) groups excluding carboxylic acids is 1. The number of rotatable bonds is 7. The largest absolute Gasteiger partial charge is 0.416 e. The van der Waals surface area contributed by atoms with Gasteiger partial charge >= 0.3 is 6.18 Å². The molecule has 4 nitrogen and oxygen atoms in total. The van der Waals surface area contributed by atoms with Crippen LogP contribution in [0.5, 0.6) is 0 Å². The quantitative estimate of drug-likeness (QED) is 0.616. The lowest BCUT2D eigenvalue weighted by molar-refractivity contribution is -0.139. The summed E-state index contributed by atoms with van der Waals surface area (Å²) in [6, 6.07) is 9.11. The molecule has 2 aromatic rings. The summed E-state index contributed by atoms with van der Waals surface area (Å²) in [6.07, 6.45) is -2.06. The Morgan fingerprint density at radius 2 is 1.67 bits per heavy atom. The number of alkyl halides is 3. The van der Waals surface area contributed by atoms with Gasteiger partial charge in [-0.2, -0.15) is 13.2 Å². The minimum atomic E-state index is -4.35. The maximum Gasteiger partial charge on any atom is 0.416 e. The van der Waals surface area contributed by atoms with Crippen LogP contribution in [0.15, 0.2) is 30.3 Å². The van der Waals surface area contributed by atoms with Crippen molar-refractivity contribution < 1.29 is 27.8 Å². The molecule has 2 heterocycles. The predicted molar refractivity (Wildman–Crippen MR) is 121 cm³/mol. The van der Waals surface area contributed by atoms with Gasteiger partial charge in [0.2, 0.25) is 0 Å². The number of aliphatic hydroxyl groups excluding tert-OH is 1. The first-order chi connectivity index (χ1) is 15.7. The van der Waals surface area contributed by atoms with E-state index in [1.807, 2.05) is 6.07 Å². The zero-order valence-corrected chi connectivity index (χ0v) is 19.4. The van der Waals surface area contributed by atoms with Gasteiger partial charge in [0.25, 0.3) is 0 Å². The number of ether oxygens (including phenoxy) is 1. The van der Waals surface area contributed by atoms with Crippen molar-refractivity contribution >= 4 is 6.29 Å². The Kier molecular flexibility index (Phi) is 8.32. The van der Waals surface area contributed by atoms with E-state index >= 15 is 0 Å². The fourth-order valence-corrected chi connectivity index (χ4v) is 4.70. The van der Waals surface area contributed by atoms with Gasteiger partial charge in [0.1, 0.15) is 6.29 Å². The van der Waals surface area contributed by atoms with Crippen molar-refractivity contribution in [2.45, 2.75) is 45.3 Å². The van der Waals surface area contributed by atoms with Crippen LogP contribution in [0.3, 0.4) is 0 Å². The van der Waals surface area contributed by atoms with E-state index in [0.717, 1.165) is 33.0 Å². The first-order valence-corrected chi connectivity index (χ1v) is 11.2. The van der Waals surface area contributed by atoms with Crippen LogP contribution in [0.25, 0.3) is 0 Å². The fourth-order valence-electron chi connectivity index (χ4n) is 4.70. The third-order valence-corrected chi connectivity index (χ3v) is 6.50. The molecule has 0 bridgehead atoms. The van der Waals surface area contributed by atoms with E-state index in [1.54, 1.807) is 6.07 Å². The second-order valence-corrected chi connectivity index (χ2v) is 8.95. The Labute approximate surface area is 193 Å². The number of aliphatic hydroxyl groups is 1. The molecule has 0 spiro atoms. The zero-order valence-electron chi connectivity index (χ0n) is 19.4. The van der Waals surface area contributed by atoms with Crippen molar-refractivity contribution in [1.29, 1.82) is 0 Å². The molecule has 0 unspecified atom stereocenters. The van der Waals surface area contributed by atoms with Gasteiger partial charge in [-0.1, -0.05) is 24.3 Å². The molecule has 180 valence electrons. The maximum absolute atomic E-state index is 13.6. The number of nitrogens with zero attached hydrogens (tertiary/aromatic N) is 1. The predicted octanol–water partition coefficient (Wildman–Crippen LogP) is 4.46. The second kappa shape index (κ2) is 10.8. The molecule has 2 aliphatic heterocycles. The number of aldehydes is 1. The molecule has 2 aromatic carbocycles. The highest BCUT2D eigenvalue weighted by Gasteiger charge is 2.37. The number of carbonyl (C=O) groups is 1. The minimum absolute atomic E-state index is 0.157. The van der Waals surface area contributed by atoms with Gasteiger partial charge in [-0.15, -0.1) is 0 Å². The van der Waals surface area contributed by atoms with Crippen molar-refractivity contribution in [3.8, 4) is 0 Å². The number of benzene rings is 2. The topological polar surface area (TPSA) is 49.8 Å². The van der Waals surface area contributed by atoms with Crippen molar-refractivity contribution in [3.05, 3.63) is 69.3 Å². The van der Waals surface area contributed by atoms with Gasteiger partial charge in [0.05, 0.1) is 18.8 Å². The molecular weight excluding hydrogens is 431 g/mol. The third kappa shape index (κ3) is 6.02. The number of aryl methyl sites for hydroxylation is 3. The summed E-state index contributed by atoms with van der Waals surface area (Å²) >= 11 is 0. The molecule has 2 saturated heterocycles. The molecule has 0 atom stereocenters. The van der Waals surface area contributed by atoms with Crippen molar-refractivity contribution in [3.63, 3.8) is 0 Å². The number of likely N-dealkylation sites (tertiary alicyclic amines) is 1. The van der Waals surface area contributed by atoms with Gasteiger partial charge in [0, 0.05) is 38.6 Å². The zero-order chi connectivity index (χ0) is 24.2. The van der Waals surface area contributed by atoms with E-state index in [9.17, 15) is 18.0 Å². The molecule has 2 aliphatic rings. The van der Waals surface area contributed by atoms with Crippen LogP contribution in [0.4, 0.5) is 13.2 Å². The van der Waals surface area contributed by atoms with Crippen LogP contribution < -0.4 is 0 Å². The van der Waals surface area contributed by atoms with E-state index in [0.29, 0.717) is 37.2 Å². The van der Waals surface area contributed by atoms with E-state index in [2.05, 4.69) is 30.9 Å². The van der Waals surface area contributed by atoms with Crippen molar-refractivity contribution in [2.75, 3.05) is 33.4 Å². The van der Waals surface area contributed by atoms with Gasteiger partial charge in [-0.25, -0.2) is 0 Å². The molecule has 33 heavy (non-hydrogen) atoms. The van der Waals surface area contributed by atoms with Crippen molar-refractivity contribution in [1.82, 2.24) is 4.90 Å².